The summed E-state index contributed by atoms with van der Waals surface area (Å²) in [6, 6.07) is 13.9. The monoisotopic (exact) mass is 208 g/mol. The number of fused-ring (bicyclic) bond motifs is 1. The number of hydrogen-bond acceptors (Lipinski definition) is 2. The average Bonchev–Trinajstić information content (AvgIpc) is 2.36. The molecule has 0 aromatic heterocycles. The summed E-state index contributed by atoms with van der Waals surface area (Å²) < 4.78 is 0. The summed E-state index contributed by atoms with van der Waals surface area (Å²) in [4.78, 5) is 0. The first-order chi connectivity index (χ1) is 7.86. The molecule has 0 aliphatic heterocycles. The molecule has 0 radical (unpaired) electrons. The second kappa shape index (κ2) is 4.50. The van der Waals surface area contributed by atoms with Gasteiger partial charge in [-0.25, -0.2) is 0 Å². The van der Waals surface area contributed by atoms with Crippen molar-refractivity contribution in [1.82, 2.24) is 0 Å². The molecule has 1 N–H and O–H groups in total. The summed E-state index contributed by atoms with van der Waals surface area (Å²) >= 11 is 0. The number of anilines is 1. The van der Waals surface area contributed by atoms with E-state index in [1.807, 2.05) is 42.5 Å². The predicted octanol–water partition coefficient (Wildman–Crippen LogP) is 3.31. The van der Waals surface area contributed by atoms with Crippen molar-refractivity contribution in [3.8, 4) is 6.07 Å². The first-order valence-corrected chi connectivity index (χ1v) is 5.13. The van der Waals surface area contributed by atoms with Gasteiger partial charge in [-0.2, -0.15) is 5.26 Å². The molecule has 0 spiro atoms. The van der Waals surface area contributed by atoms with Crippen molar-refractivity contribution in [2.45, 2.75) is 0 Å². The molecule has 16 heavy (non-hydrogen) atoms. The second-order valence-corrected chi connectivity index (χ2v) is 3.49. The summed E-state index contributed by atoms with van der Waals surface area (Å²) in [5.74, 6) is 0. The molecule has 0 bridgehead atoms. The zero-order valence-electron chi connectivity index (χ0n) is 8.90. The molecular weight excluding hydrogens is 196 g/mol. The highest BCUT2D eigenvalue weighted by molar-refractivity contribution is 5.97. The number of nitrogens with one attached hydrogen (secondary N) is 1. The Balaban J connectivity index is 2.61. The Morgan fingerprint density at radius 2 is 1.94 bits per heavy atom. The van der Waals surface area contributed by atoms with Crippen LogP contribution < -0.4 is 5.32 Å². The summed E-state index contributed by atoms with van der Waals surface area (Å²) in [5, 5.41) is 14.3. The fraction of sp³-hybridized carbons (Fsp3) is 0.0714. The molecule has 2 aromatic carbocycles. The van der Waals surface area contributed by atoms with Gasteiger partial charge in [0.25, 0.3) is 0 Å². The highest BCUT2D eigenvalue weighted by Crippen LogP contribution is 2.26. The lowest BCUT2D eigenvalue weighted by atomic mass is 10.0. The lowest BCUT2D eigenvalue weighted by molar-refractivity contribution is 1.35. The van der Waals surface area contributed by atoms with Crippen molar-refractivity contribution >= 4 is 16.5 Å². The number of hydrogen-bond donors (Lipinski definition) is 1. The molecule has 0 saturated carbocycles. The van der Waals surface area contributed by atoms with E-state index in [0.717, 1.165) is 23.0 Å². The maximum Gasteiger partial charge on any atom is 0.0998 e. The normalized spacial score (nSPS) is 9.69. The Morgan fingerprint density at radius 1 is 1.19 bits per heavy atom. The largest absolute Gasteiger partial charge is 0.381 e. The Hall–Kier alpha value is -2.27. The van der Waals surface area contributed by atoms with Crippen LogP contribution in [0, 0.1) is 11.3 Å². The van der Waals surface area contributed by atoms with Crippen molar-refractivity contribution in [1.29, 1.82) is 5.26 Å². The third-order valence-corrected chi connectivity index (χ3v) is 2.48. The lowest BCUT2D eigenvalue weighted by Gasteiger charge is -2.08. The number of nitrogens with zero attached hydrogens (tertiary/aromatic N) is 1. The van der Waals surface area contributed by atoms with E-state index in [4.69, 9.17) is 5.26 Å². The van der Waals surface area contributed by atoms with Crippen LogP contribution in [0.5, 0.6) is 0 Å². The SMILES string of the molecule is C=CCNc1ccc(C#N)c2ccccc12. The van der Waals surface area contributed by atoms with Crippen LogP contribution >= 0.6 is 0 Å². The molecule has 2 rings (SSSR count). The van der Waals surface area contributed by atoms with E-state index >= 15 is 0 Å². The number of rotatable bonds is 3. The quantitative estimate of drug-likeness (QED) is 0.785. The minimum absolute atomic E-state index is 0.708. The van der Waals surface area contributed by atoms with Crippen LogP contribution in [0.1, 0.15) is 5.56 Å². The molecule has 2 heteroatoms. The fourth-order valence-corrected chi connectivity index (χ4v) is 1.73. The van der Waals surface area contributed by atoms with Crippen LogP contribution in [-0.4, -0.2) is 6.54 Å². The zero-order chi connectivity index (χ0) is 11.4. The number of benzene rings is 2. The summed E-state index contributed by atoms with van der Waals surface area (Å²) in [7, 11) is 0. The third kappa shape index (κ3) is 1.76. The van der Waals surface area contributed by atoms with Crippen LogP contribution in [-0.2, 0) is 0 Å². The summed E-state index contributed by atoms with van der Waals surface area (Å²) in [6.45, 7) is 4.39. The highest BCUT2D eigenvalue weighted by Gasteiger charge is 2.03. The molecule has 0 unspecified atom stereocenters. The Bertz CT molecular complexity index is 564. The van der Waals surface area contributed by atoms with E-state index in [0.29, 0.717) is 5.56 Å². The molecule has 0 fully saturated rings. The topological polar surface area (TPSA) is 35.8 Å². The Kier molecular flexibility index (Phi) is 2.88. The second-order valence-electron chi connectivity index (χ2n) is 3.49. The standard InChI is InChI=1S/C14H12N2/c1-2-9-16-14-8-7-11(10-15)12-5-3-4-6-13(12)14/h2-8,16H,1,9H2. The van der Waals surface area contributed by atoms with Gasteiger partial charge < -0.3 is 5.32 Å². The van der Waals surface area contributed by atoms with Gasteiger partial charge in [-0.1, -0.05) is 30.3 Å². The van der Waals surface area contributed by atoms with Gasteiger partial charge in [-0.15, -0.1) is 6.58 Å². The smallest absolute Gasteiger partial charge is 0.0998 e. The molecule has 0 saturated heterocycles. The summed E-state index contributed by atoms with van der Waals surface area (Å²) in [5.41, 5.74) is 1.74. The van der Waals surface area contributed by atoms with Crippen molar-refractivity contribution in [3.63, 3.8) is 0 Å². The first-order valence-electron chi connectivity index (χ1n) is 5.13. The molecule has 0 aliphatic rings. The summed E-state index contributed by atoms with van der Waals surface area (Å²) in [6.07, 6.45) is 1.81. The average molecular weight is 208 g/mol. The molecule has 0 heterocycles. The molecule has 78 valence electrons. The molecule has 0 amide bonds. The van der Waals surface area contributed by atoms with Gasteiger partial charge in [0.1, 0.15) is 0 Å². The van der Waals surface area contributed by atoms with E-state index in [1.165, 1.54) is 0 Å². The van der Waals surface area contributed by atoms with Crippen LogP contribution in [0.15, 0.2) is 49.1 Å². The molecule has 2 nitrogen and oxygen atoms in total. The molecular formula is C14H12N2. The van der Waals surface area contributed by atoms with Crippen LogP contribution in [0.2, 0.25) is 0 Å². The van der Waals surface area contributed by atoms with Crippen LogP contribution in [0.25, 0.3) is 10.8 Å². The van der Waals surface area contributed by atoms with Crippen molar-refractivity contribution < 1.29 is 0 Å². The number of nitriles is 1. The van der Waals surface area contributed by atoms with Gasteiger partial charge in [0.2, 0.25) is 0 Å². The Morgan fingerprint density at radius 3 is 2.62 bits per heavy atom. The predicted molar refractivity (Wildman–Crippen MR) is 67.3 cm³/mol. The van der Waals surface area contributed by atoms with Crippen LogP contribution in [0.3, 0.4) is 0 Å². The van der Waals surface area contributed by atoms with Crippen molar-refractivity contribution in [2.75, 3.05) is 11.9 Å². The zero-order valence-corrected chi connectivity index (χ0v) is 8.90. The van der Waals surface area contributed by atoms with E-state index in [2.05, 4.69) is 18.0 Å². The van der Waals surface area contributed by atoms with E-state index < -0.39 is 0 Å². The fourth-order valence-electron chi connectivity index (χ4n) is 1.73. The first kappa shape index (κ1) is 10.3. The van der Waals surface area contributed by atoms with Gasteiger partial charge in [-0.05, 0) is 12.1 Å². The minimum Gasteiger partial charge on any atom is -0.381 e. The van der Waals surface area contributed by atoms with Gasteiger partial charge >= 0.3 is 0 Å². The molecule has 0 aliphatic carbocycles. The maximum absolute atomic E-state index is 9.02. The van der Waals surface area contributed by atoms with Gasteiger partial charge in [-0.3, -0.25) is 0 Å². The van der Waals surface area contributed by atoms with Gasteiger partial charge in [0, 0.05) is 23.0 Å². The van der Waals surface area contributed by atoms with Gasteiger partial charge in [0.05, 0.1) is 11.6 Å². The lowest BCUT2D eigenvalue weighted by Crippen LogP contribution is -1.98. The minimum atomic E-state index is 0.708. The van der Waals surface area contributed by atoms with E-state index in [9.17, 15) is 0 Å². The molecule has 0 atom stereocenters. The molecule has 2 aromatic rings. The van der Waals surface area contributed by atoms with Crippen molar-refractivity contribution in [2.24, 2.45) is 0 Å². The van der Waals surface area contributed by atoms with E-state index in [1.54, 1.807) is 0 Å². The van der Waals surface area contributed by atoms with Crippen LogP contribution in [0.4, 0.5) is 5.69 Å². The maximum atomic E-state index is 9.02. The van der Waals surface area contributed by atoms with E-state index in [-0.39, 0.29) is 0 Å². The van der Waals surface area contributed by atoms with Crippen molar-refractivity contribution in [3.05, 3.63) is 54.6 Å². The highest BCUT2D eigenvalue weighted by atomic mass is 14.9. The van der Waals surface area contributed by atoms with Gasteiger partial charge in [0.15, 0.2) is 0 Å². The third-order valence-electron chi connectivity index (χ3n) is 2.48. The Labute approximate surface area is 94.8 Å².